The zero-order valence-corrected chi connectivity index (χ0v) is 27.9. The largest absolute Gasteiger partial charge is 0.507 e. The maximum Gasteiger partial charge on any atom is 0.143 e. The van der Waals surface area contributed by atoms with E-state index in [1.165, 1.54) is 0 Å². The number of benzene rings is 6. The fraction of sp³-hybridized carbons (Fsp3) is 0.0213. The van der Waals surface area contributed by atoms with E-state index in [-0.39, 0.29) is 5.75 Å². The van der Waals surface area contributed by atoms with Crippen LogP contribution in [0, 0.1) is 6.92 Å². The highest BCUT2D eigenvalue weighted by atomic mass is 16.3. The highest BCUT2D eigenvalue weighted by molar-refractivity contribution is 6.13. The molecule has 4 nitrogen and oxygen atoms in total. The lowest BCUT2D eigenvalue weighted by molar-refractivity contribution is 0.477. The summed E-state index contributed by atoms with van der Waals surface area (Å²) < 4.78 is 6.74. The zero-order valence-electron chi connectivity index (χ0n) is 27.9. The van der Waals surface area contributed by atoms with E-state index in [1.54, 1.807) is 6.07 Å². The number of aromatic nitrogens is 2. The summed E-state index contributed by atoms with van der Waals surface area (Å²) in [5.74, 6) is 0.196. The van der Waals surface area contributed by atoms with Crippen LogP contribution in [0.5, 0.6) is 5.75 Å². The van der Waals surface area contributed by atoms with Crippen LogP contribution < -0.4 is 0 Å². The van der Waals surface area contributed by atoms with E-state index in [4.69, 9.17) is 14.4 Å². The molecule has 6 aromatic carbocycles. The summed E-state index contributed by atoms with van der Waals surface area (Å²) in [5, 5.41) is 12.9. The summed E-state index contributed by atoms with van der Waals surface area (Å²) in [6.07, 6.45) is 0. The van der Waals surface area contributed by atoms with Crippen LogP contribution in [-0.4, -0.2) is 15.1 Å². The predicted molar refractivity (Wildman–Crippen MR) is 208 cm³/mol. The first-order valence-corrected chi connectivity index (χ1v) is 17.0. The molecule has 3 aromatic heterocycles. The Morgan fingerprint density at radius 2 is 0.902 bits per heavy atom. The summed E-state index contributed by atoms with van der Waals surface area (Å²) in [6, 6.07) is 57.5. The molecule has 0 radical (unpaired) electrons. The molecule has 0 amide bonds. The topological polar surface area (TPSA) is 59.2 Å². The zero-order chi connectivity index (χ0) is 34.3. The molecule has 0 atom stereocenters. The Labute approximate surface area is 296 Å². The molecular formula is C47H32N2O2. The smallest absolute Gasteiger partial charge is 0.143 e. The summed E-state index contributed by atoms with van der Waals surface area (Å²) in [6.45, 7) is 2.03. The minimum absolute atomic E-state index is 0.196. The van der Waals surface area contributed by atoms with Crippen molar-refractivity contribution in [1.82, 2.24) is 9.97 Å². The first-order valence-electron chi connectivity index (χ1n) is 17.0. The van der Waals surface area contributed by atoms with Crippen molar-refractivity contribution < 1.29 is 9.52 Å². The number of hydrogen-bond donors (Lipinski definition) is 1. The Kier molecular flexibility index (Phi) is 7.48. The lowest BCUT2D eigenvalue weighted by atomic mass is 9.97. The van der Waals surface area contributed by atoms with Gasteiger partial charge in [0, 0.05) is 44.3 Å². The maximum absolute atomic E-state index is 10.7. The third-order valence-corrected chi connectivity index (χ3v) is 9.44. The van der Waals surface area contributed by atoms with Gasteiger partial charge in [-0.1, -0.05) is 127 Å². The highest BCUT2D eigenvalue weighted by Gasteiger charge is 2.17. The van der Waals surface area contributed by atoms with Gasteiger partial charge in [0.1, 0.15) is 16.9 Å². The summed E-state index contributed by atoms with van der Waals surface area (Å²) >= 11 is 0. The van der Waals surface area contributed by atoms with Crippen LogP contribution in [0.1, 0.15) is 5.69 Å². The van der Waals surface area contributed by atoms with Crippen molar-refractivity contribution in [3.05, 3.63) is 176 Å². The monoisotopic (exact) mass is 656 g/mol. The highest BCUT2D eigenvalue weighted by Crippen LogP contribution is 2.41. The number of phenolic OH excluding ortho intramolecular Hbond substituents is 1. The van der Waals surface area contributed by atoms with Crippen molar-refractivity contribution in [3.8, 4) is 72.9 Å². The average molecular weight is 657 g/mol. The van der Waals surface area contributed by atoms with Gasteiger partial charge in [0.15, 0.2) is 0 Å². The summed E-state index contributed by atoms with van der Waals surface area (Å²) in [4.78, 5) is 10.1. The Morgan fingerprint density at radius 1 is 0.392 bits per heavy atom. The number of pyridine rings is 2. The van der Waals surface area contributed by atoms with Gasteiger partial charge in [0.05, 0.1) is 17.1 Å². The Balaban J connectivity index is 1.16. The minimum Gasteiger partial charge on any atom is -0.507 e. The quantitative estimate of drug-likeness (QED) is 0.193. The molecule has 0 aliphatic heterocycles. The van der Waals surface area contributed by atoms with Gasteiger partial charge in [0.25, 0.3) is 0 Å². The average Bonchev–Trinajstić information content (AvgIpc) is 3.58. The number of phenols is 1. The van der Waals surface area contributed by atoms with Crippen LogP contribution in [-0.2, 0) is 0 Å². The van der Waals surface area contributed by atoms with Crippen molar-refractivity contribution in [1.29, 1.82) is 0 Å². The maximum atomic E-state index is 10.7. The number of aromatic hydroxyl groups is 1. The molecule has 0 saturated heterocycles. The molecule has 1 N–H and O–H groups in total. The molecule has 51 heavy (non-hydrogen) atoms. The minimum atomic E-state index is 0.196. The number of nitrogens with zero attached hydrogens (tertiary/aromatic N) is 2. The van der Waals surface area contributed by atoms with Crippen molar-refractivity contribution in [2.75, 3.05) is 0 Å². The van der Waals surface area contributed by atoms with Crippen LogP contribution in [0.3, 0.4) is 0 Å². The van der Waals surface area contributed by atoms with Gasteiger partial charge in [-0.2, -0.15) is 0 Å². The van der Waals surface area contributed by atoms with Gasteiger partial charge >= 0.3 is 0 Å². The lowest BCUT2D eigenvalue weighted by Gasteiger charge is -2.12. The van der Waals surface area contributed by atoms with Gasteiger partial charge < -0.3 is 9.52 Å². The molecule has 9 aromatic rings. The second-order valence-electron chi connectivity index (χ2n) is 12.8. The Bertz CT molecular complexity index is 2710. The van der Waals surface area contributed by atoms with E-state index in [9.17, 15) is 5.11 Å². The first kappa shape index (κ1) is 30.3. The third kappa shape index (κ3) is 5.63. The van der Waals surface area contributed by atoms with Crippen LogP contribution in [0.15, 0.2) is 174 Å². The molecule has 9 rings (SSSR count). The molecule has 0 fully saturated rings. The van der Waals surface area contributed by atoms with E-state index >= 15 is 0 Å². The van der Waals surface area contributed by atoms with E-state index in [0.29, 0.717) is 11.3 Å². The van der Waals surface area contributed by atoms with E-state index in [1.807, 2.05) is 55.5 Å². The molecule has 0 bridgehead atoms. The van der Waals surface area contributed by atoms with Crippen molar-refractivity contribution in [2.45, 2.75) is 6.92 Å². The van der Waals surface area contributed by atoms with Crippen molar-refractivity contribution in [3.63, 3.8) is 0 Å². The number of hydrogen-bond acceptors (Lipinski definition) is 4. The molecule has 3 heterocycles. The van der Waals surface area contributed by atoms with Crippen molar-refractivity contribution in [2.24, 2.45) is 0 Å². The summed E-state index contributed by atoms with van der Waals surface area (Å²) in [5.41, 5.74) is 14.0. The summed E-state index contributed by atoms with van der Waals surface area (Å²) in [7, 11) is 0. The third-order valence-electron chi connectivity index (χ3n) is 9.44. The molecule has 4 heteroatoms. The normalized spacial score (nSPS) is 11.3. The van der Waals surface area contributed by atoms with Crippen LogP contribution in [0.2, 0.25) is 0 Å². The molecular weight excluding hydrogens is 625 g/mol. The first-order chi connectivity index (χ1) is 25.1. The van der Waals surface area contributed by atoms with Gasteiger partial charge in [-0.3, -0.25) is 4.98 Å². The molecule has 0 spiro atoms. The van der Waals surface area contributed by atoms with Crippen LogP contribution >= 0.6 is 0 Å². The molecule has 0 aliphatic carbocycles. The SMILES string of the molecule is Cc1cc(-c2cccc3c2oc2c(-c4ccccc4)cccc23)cc(-c2cccc(-c3cc(-c4ccccc4)cc(-c4ccccc4O)n3)c2)n1. The number of furan rings is 1. The standard InChI is InChI=1S/C47H32N2O2/c1-30-25-36(38-21-12-23-40-39-22-11-20-37(46(39)51-47(38)40)32-15-6-3-7-16-32)29-42(48-30)33-17-10-18-34(26-33)43-27-35(31-13-4-2-5-14-31)28-44(49-43)41-19-8-9-24-45(41)50/h2-29,50H,1H3. The van der Waals surface area contributed by atoms with Crippen LogP contribution in [0.4, 0.5) is 0 Å². The van der Waals surface area contributed by atoms with Gasteiger partial charge in [-0.05, 0) is 71.6 Å². The van der Waals surface area contributed by atoms with E-state index in [0.717, 1.165) is 83.5 Å². The van der Waals surface area contributed by atoms with Gasteiger partial charge in [0.2, 0.25) is 0 Å². The molecule has 0 saturated carbocycles. The Morgan fingerprint density at radius 3 is 1.59 bits per heavy atom. The molecule has 242 valence electrons. The van der Waals surface area contributed by atoms with Gasteiger partial charge in [-0.25, -0.2) is 4.98 Å². The predicted octanol–water partition coefficient (Wildman–Crippen LogP) is 12.4. The van der Waals surface area contributed by atoms with Crippen molar-refractivity contribution >= 4 is 21.9 Å². The molecule has 0 aliphatic rings. The number of aryl methyl sites for hydroxylation is 1. The Hall–Kier alpha value is -6.78. The number of rotatable bonds is 6. The molecule has 0 unspecified atom stereocenters. The second-order valence-corrected chi connectivity index (χ2v) is 12.8. The van der Waals surface area contributed by atoms with E-state index in [2.05, 4.69) is 115 Å². The fourth-order valence-corrected chi connectivity index (χ4v) is 7.01. The van der Waals surface area contributed by atoms with Gasteiger partial charge in [-0.15, -0.1) is 0 Å². The van der Waals surface area contributed by atoms with E-state index < -0.39 is 0 Å². The number of fused-ring (bicyclic) bond motifs is 3. The lowest BCUT2D eigenvalue weighted by Crippen LogP contribution is -1.93. The second kappa shape index (κ2) is 12.6. The van der Waals surface area contributed by atoms with Crippen LogP contribution in [0.25, 0.3) is 89.1 Å². The fourth-order valence-electron chi connectivity index (χ4n) is 7.01. The number of para-hydroxylation sites is 3.